The minimum atomic E-state index is -1.10. The second-order valence-electron chi connectivity index (χ2n) is 3.44. The summed E-state index contributed by atoms with van der Waals surface area (Å²) in [6, 6.07) is 4.64. The molecular weight excluding hydrogens is 222 g/mol. The van der Waals surface area contributed by atoms with Gasteiger partial charge in [0.2, 0.25) is 0 Å². The summed E-state index contributed by atoms with van der Waals surface area (Å²) in [7, 11) is 0. The van der Waals surface area contributed by atoms with Crippen molar-refractivity contribution in [3.05, 3.63) is 41.5 Å². The lowest BCUT2D eigenvalue weighted by molar-refractivity contribution is 0.0690. The van der Waals surface area contributed by atoms with Crippen molar-refractivity contribution in [1.29, 1.82) is 0 Å². The number of carbonyl (C=O) groups excluding carboxylic acids is 1. The Hall–Kier alpha value is -2.50. The van der Waals surface area contributed by atoms with Crippen LogP contribution in [0, 0.1) is 6.92 Å². The number of hydrogen-bond acceptors (Lipinski definition) is 4. The van der Waals surface area contributed by atoms with E-state index in [4.69, 9.17) is 5.11 Å². The third-order valence-corrected chi connectivity index (χ3v) is 2.23. The van der Waals surface area contributed by atoms with E-state index < -0.39 is 5.97 Å². The molecule has 0 saturated carbocycles. The quantitative estimate of drug-likeness (QED) is 0.799. The van der Waals surface area contributed by atoms with Crippen molar-refractivity contribution in [3.8, 4) is 5.69 Å². The highest BCUT2D eigenvalue weighted by atomic mass is 16.4. The summed E-state index contributed by atoms with van der Waals surface area (Å²) in [5.74, 6) is -1.10. The predicted molar refractivity (Wildman–Crippen MR) is 58.4 cm³/mol. The summed E-state index contributed by atoms with van der Waals surface area (Å²) in [5.41, 5.74) is 1.54. The number of aromatic carboxylic acids is 1. The van der Waals surface area contributed by atoms with Crippen LogP contribution in [0.3, 0.4) is 0 Å². The molecule has 2 rings (SSSR count). The summed E-state index contributed by atoms with van der Waals surface area (Å²) in [4.78, 5) is 25.1. The van der Waals surface area contributed by atoms with E-state index in [1.54, 1.807) is 19.1 Å². The number of aromatic nitrogens is 3. The van der Waals surface area contributed by atoms with Crippen molar-refractivity contribution in [2.45, 2.75) is 6.92 Å². The van der Waals surface area contributed by atoms with E-state index in [1.165, 1.54) is 16.9 Å². The second kappa shape index (κ2) is 4.17. The third-order valence-electron chi connectivity index (χ3n) is 2.23. The van der Waals surface area contributed by atoms with Crippen LogP contribution in [0.25, 0.3) is 5.69 Å². The molecule has 0 unspecified atom stereocenters. The lowest BCUT2D eigenvalue weighted by Gasteiger charge is -2.04. The highest BCUT2D eigenvalue weighted by molar-refractivity contribution is 5.85. The smallest absolute Gasteiger partial charge is 0.354 e. The van der Waals surface area contributed by atoms with Gasteiger partial charge >= 0.3 is 5.97 Å². The number of carboxylic acids is 1. The first-order valence-electron chi connectivity index (χ1n) is 4.83. The number of carbonyl (C=O) groups is 2. The van der Waals surface area contributed by atoms with E-state index in [0.717, 1.165) is 5.69 Å². The maximum atomic E-state index is 10.8. The molecule has 0 saturated heterocycles. The molecule has 2 aromatic rings. The van der Waals surface area contributed by atoms with E-state index in [9.17, 15) is 9.59 Å². The first-order valence-corrected chi connectivity index (χ1v) is 4.83. The number of carboxylic acid groups (broad SMARTS) is 1. The molecule has 6 nitrogen and oxygen atoms in total. The van der Waals surface area contributed by atoms with Gasteiger partial charge in [0.05, 0.1) is 5.69 Å². The normalized spacial score (nSPS) is 10.2. The minimum absolute atomic E-state index is 0.0648. The van der Waals surface area contributed by atoms with Crippen molar-refractivity contribution in [3.63, 3.8) is 0 Å². The number of nitrogens with zero attached hydrogens (tertiary/aromatic N) is 3. The standard InChI is InChI=1S/C11H9N3O3/c1-7-4-8(6-15)13-14(7)9-2-3-12-10(5-9)11(16)17/h2-6H,1H3,(H,16,17). The molecule has 0 aliphatic rings. The van der Waals surface area contributed by atoms with Gasteiger partial charge in [-0.05, 0) is 25.1 Å². The zero-order chi connectivity index (χ0) is 12.4. The fourth-order valence-corrected chi connectivity index (χ4v) is 1.49. The number of aldehydes is 1. The molecule has 0 aromatic carbocycles. The molecule has 17 heavy (non-hydrogen) atoms. The van der Waals surface area contributed by atoms with E-state index in [1.807, 2.05) is 0 Å². The van der Waals surface area contributed by atoms with Crippen molar-refractivity contribution in [2.75, 3.05) is 0 Å². The minimum Gasteiger partial charge on any atom is -0.477 e. The van der Waals surface area contributed by atoms with Crippen LogP contribution < -0.4 is 0 Å². The molecule has 0 amide bonds. The van der Waals surface area contributed by atoms with E-state index >= 15 is 0 Å². The van der Waals surface area contributed by atoms with Gasteiger partial charge in [0.1, 0.15) is 11.4 Å². The summed E-state index contributed by atoms with van der Waals surface area (Å²) >= 11 is 0. The van der Waals surface area contributed by atoms with Gasteiger partial charge < -0.3 is 5.11 Å². The van der Waals surface area contributed by atoms with Gasteiger partial charge in [-0.3, -0.25) is 4.79 Å². The van der Waals surface area contributed by atoms with Crippen LogP contribution in [0.2, 0.25) is 0 Å². The lowest BCUT2D eigenvalue weighted by Crippen LogP contribution is -2.04. The Kier molecular flexibility index (Phi) is 2.70. The van der Waals surface area contributed by atoms with Crippen LogP contribution in [-0.2, 0) is 0 Å². The predicted octanol–water partition coefficient (Wildman–Crippen LogP) is 1.09. The fraction of sp³-hybridized carbons (Fsp3) is 0.0909. The fourth-order valence-electron chi connectivity index (χ4n) is 1.49. The maximum Gasteiger partial charge on any atom is 0.354 e. The topological polar surface area (TPSA) is 85.1 Å². The van der Waals surface area contributed by atoms with Crippen molar-refractivity contribution in [2.24, 2.45) is 0 Å². The molecule has 0 aliphatic heterocycles. The van der Waals surface area contributed by atoms with Gasteiger partial charge in [0.15, 0.2) is 6.29 Å². The highest BCUT2D eigenvalue weighted by Crippen LogP contribution is 2.12. The first-order chi connectivity index (χ1) is 8.11. The van der Waals surface area contributed by atoms with Crippen LogP contribution in [0.5, 0.6) is 0 Å². The first kappa shape index (κ1) is 11.0. The highest BCUT2D eigenvalue weighted by Gasteiger charge is 2.09. The van der Waals surface area contributed by atoms with Crippen LogP contribution in [-0.4, -0.2) is 32.1 Å². The molecule has 1 N–H and O–H groups in total. The number of hydrogen-bond donors (Lipinski definition) is 1. The monoisotopic (exact) mass is 231 g/mol. The molecule has 0 radical (unpaired) electrons. The summed E-state index contributed by atoms with van der Waals surface area (Å²) in [6.45, 7) is 1.78. The number of rotatable bonds is 3. The SMILES string of the molecule is Cc1cc(C=O)nn1-c1ccnc(C(=O)O)c1. The average Bonchev–Trinajstić information content (AvgIpc) is 2.71. The Morgan fingerprint density at radius 2 is 2.24 bits per heavy atom. The molecule has 0 atom stereocenters. The molecule has 0 bridgehead atoms. The van der Waals surface area contributed by atoms with E-state index in [-0.39, 0.29) is 5.69 Å². The Labute approximate surface area is 96.5 Å². The Balaban J connectivity index is 2.52. The molecule has 2 heterocycles. The van der Waals surface area contributed by atoms with Gasteiger partial charge in [-0.15, -0.1) is 0 Å². The molecule has 6 heteroatoms. The summed E-state index contributed by atoms with van der Waals surface area (Å²) in [6.07, 6.45) is 2.03. The second-order valence-corrected chi connectivity index (χ2v) is 3.44. The zero-order valence-electron chi connectivity index (χ0n) is 8.99. The number of aryl methyl sites for hydroxylation is 1. The van der Waals surface area contributed by atoms with Crippen LogP contribution in [0.4, 0.5) is 0 Å². The van der Waals surface area contributed by atoms with E-state index in [0.29, 0.717) is 17.7 Å². The Morgan fingerprint density at radius 3 is 2.82 bits per heavy atom. The summed E-state index contributed by atoms with van der Waals surface area (Å²) in [5, 5.41) is 12.9. The molecular formula is C11H9N3O3. The maximum absolute atomic E-state index is 10.8. The van der Waals surface area contributed by atoms with Gasteiger partial charge in [-0.25, -0.2) is 14.5 Å². The van der Waals surface area contributed by atoms with Crippen molar-refractivity contribution >= 4 is 12.3 Å². The molecule has 0 spiro atoms. The van der Waals surface area contributed by atoms with Gasteiger partial charge in [-0.2, -0.15) is 5.10 Å². The van der Waals surface area contributed by atoms with Crippen LogP contribution >= 0.6 is 0 Å². The largest absolute Gasteiger partial charge is 0.477 e. The van der Waals surface area contributed by atoms with Gasteiger partial charge in [-0.1, -0.05) is 0 Å². The molecule has 0 aliphatic carbocycles. The van der Waals surface area contributed by atoms with Crippen LogP contribution in [0.15, 0.2) is 24.4 Å². The Bertz CT molecular complexity index is 589. The molecule has 86 valence electrons. The van der Waals surface area contributed by atoms with E-state index in [2.05, 4.69) is 10.1 Å². The zero-order valence-corrected chi connectivity index (χ0v) is 8.99. The van der Waals surface area contributed by atoms with Crippen molar-refractivity contribution in [1.82, 2.24) is 14.8 Å². The van der Waals surface area contributed by atoms with Crippen LogP contribution in [0.1, 0.15) is 26.7 Å². The average molecular weight is 231 g/mol. The van der Waals surface area contributed by atoms with Gasteiger partial charge in [0, 0.05) is 11.9 Å². The molecule has 2 aromatic heterocycles. The third kappa shape index (κ3) is 2.05. The van der Waals surface area contributed by atoms with Gasteiger partial charge in [0.25, 0.3) is 0 Å². The number of pyridine rings is 1. The lowest BCUT2D eigenvalue weighted by atomic mass is 10.3. The Morgan fingerprint density at radius 1 is 1.47 bits per heavy atom. The molecule has 0 fully saturated rings. The van der Waals surface area contributed by atoms with Crippen molar-refractivity contribution < 1.29 is 14.7 Å². The summed E-state index contributed by atoms with van der Waals surface area (Å²) < 4.78 is 1.50.